The minimum absolute atomic E-state index is 0.0919. The van der Waals surface area contributed by atoms with E-state index in [0.717, 1.165) is 12.1 Å². The molecule has 2 amide bonds. The minimum atomic E-state index is -0.434. The fourth-order valence-corrected chi connectivity index (χ4v) is 4.91. The van der Waals surface area contributed by atoms with E-state index in [0.29, 0.717) is 29.8 Å². The molecule has 1 fully saturated rings. The van der Waals surface area contributed by atoms with Crippen LogP contribution in [0, 0.1) is 11.8 Å². The topological polar surface area (TPSA) is 104 Å². The van der Waals surface area contributed by atoms with Crippen LogP contribution in [0.2, 0.25) is 0 Å². The fraction of sp³-hybridized carbons (Fsp3) is 0.458. The SMILES string of the molecule is CCCNC(=O)[C@@H]1[C@@H](CO)[C@@H]2Cn3c(ccc(-c4cccc(C(=O)N(C)C)c4)c3=O)[C@H]1N2. The monoisotopic (exact) mass is 438 g/mol. The highest BCUT2D eigenvalue weighted by Gasteiger charge is 2.50. The van der Waals surface area contributed by atoms with E-state index in [1.807, 2.05) is 19.1 Å². The Morgan fingerprint density at radius 2 is 2.03 bits per heavy atom. The molecule has 0 unspecified atom stereocenters. The Kier molecular flexibility index (Phi) is 6.17. The summed E-state index contributed by atoms with van der Waals surface area (Å²) in [5.41, 5.74) is 2.31. The summed E-state index contributed by atoms with van der Waals surface area (Å²) >= 11 is 0. The van der Waals surface area contributed by atoms with E-state index in [9.17, 15) is 19.5 Å². The molecular formula is C24H30N4O4. The smallest absolute Gasteiger partial charge is 0.258 e. The molecule has 1 aromatic heterocycles. The molecule has 0 saturated carbocycles. The predicted octanol–water partition coefficient (Wildman–Crippen LogP) is 0.995. The number of hydrogen-bond acceptors (Lipinski definition) is 5. The van der Waals surface area contributed by atoms with Crippen LogP contribution in [0.5, 0.6) is 0 Å². The highest BCUT2D eigenvalue weighted by Crippen LogP contribution is 2.41. The van der Waals surface area contributed by atoms with Gasteiger partial charge in [-0.2, -0.15) is 0 Å². The van der Waals surface area contributed by atoms with Crippen LogP contribution in [0.4, 0.5) is 0 Å². The molecule has 170 valence electrons. The summed E-state index contributed by atoms with van der Waals surface area (Å²) in [6.45, 7) is 2.84. The molecule has 0 aliphatic carbocycles. The molecule has 0 spiro atoms. The lowest BCUT2D eigenvalue weighted by Crippen LogP contribution is -2.43. The van der Waals surface area contributed by atoms with Gasteiger partial charge in [-0.15, -0.1) is 0 Å². The largest absolute Gasteiger partial charge is 0.396 e. The predicted molar refractivity (Wildman–Crippen MR) is 121 cm³/mol. The molecular weight excluding hydrogens is 408 g/mol. The van der Waals surface area contributed by atoms with Gasteiger partial charge in [-0.05, 0) is 36.2 Å². The summed E-state index contributed by atoms with van der Waals surface area (Å²) in [4.78, 5) is 40.2. The van der Waals surface area contributed by atoms with Crippen LogP contribution in [-0.2, 0) is 11.3 Å². The van der Waals surface area contributed by atoms with Gasteiger partial charge in [0.25, 0.3) is 11.5 Å². The first-order valence-electron chi connectivity index (χ1n) is 11.1. The Morgan fingerprint density at radius 1 is 1.25 bits per heavy atom. The highest BCUT2D eigenvalue weighted by molar-refractivity contribution is 5.95. The second-order valence-electron chi connectivity index (χ2n) is 8.78. The number of hydrogen-bond donors (Lipinski definition) is 3. The molecule has 2 aliphatic heterocycles. The van der Waals surface area contributed by atoms with Crippen molar-refractivity contribution in [2.45, 2.75) is 32.0 Å². The lowest BCUT2D eigenvalue weighted by Gasteiger charge is -2.28. The van der Waals surface area contributed by atoms with Gasteiger partial charge in [0.1, 0.15) is 0 Å². The van der Waals surface area contributed by atoms with Gasteiger partial charge in [-0.25, -0.2) is 0 Å². The van der Waals surface area contributed by atoms with Crippen LogP contribution >= 0.6 is 0 Å². The number of aromatic nitrogens is 1. The van der Waals surface area contributed by atoms with Crippen LogP contribution in [0.1, 0.15) is 35.4 Å². The summed E-state index contributed by atoms with van der Waals surface area (Å²) in [5, 5.41) is 16.4. The van der Waals surface area contributed by atoms with Crippen LogP contribution < -0.4 is 16.2 Å². The number of rotatable bonds is 6. The first-order chi connectivity index (χ1) is 15.4. The molecule has 1 aromatic carbocycles. The van der Waals surface area contributed by atoms with Crippen LogP contribution in [0.3, 0.4) is 0 Å². The summed E-state index contributed by atoms with van der Waals surface area (Å²) in [7, 11) is 3.38. The van der Waals surface area contributed by atoms with Gasteiger partial charge in [0, 0.05) is 62.6 Å². The Bertz CT molecular complexity index is 1090. The van der Waals surface area contributed by atoms with Crippen molar-refractivity contribution in [3.63, 3.8) is 0 Å². The standard InChI is InChI=1S/C24H30N4O4/c1-4-10-25-22(30)20-17(13-29)18-12-28-19(21(20)26-18)9-8-16(24(28)32)14-6-5-7-15(11-14)23(31)27(2)3/h5-9,11,17-18,20-21,26,29H,4,10,12-13H2,1-3H3,(H,25,30)/t17-,18-,20+,21+/m0/s1. The molecule has 1 saturated heterocycles. The van der Waals surface area contributed by atoms with Crippen LogP contribution in [-0.4, -0.2) is 59.7 Å². The second-order valence-corrected chi connectivity index (χ2v) is 8.78. The molecule has 8 nitrogen and oxygen atoms in total. The number of nitrogens with one attached hydrogen (secondary N) is 2. The Balaban J connectivity index is 1.73. The van der Waals surface area contributed by atoms with E-state index < -0.39 is 5.92 Å². The third-order valence-corrected chi connectivity index (χ3v) is 6.53. The van der Waals surface area contributed by atoms with Crippen molar-refractivity contribution in [2.75, 3.05) is 27.2 Å². The third kappa shape index (κ3) is 3.73. The van der Waals surface area contributed by atoms with E-state index >= 15 is 0 Å². The number of fused-ring (bicyclic) bond motifs is 4. The van der Waals surface area contributed by atoms with Crippen molar-refractivity contribution in [3.05, 3.63) is 58.0 Å². The maximum atomic E-state index is 13.5. The van der Waals surface area contributed by atoms with Gasteiger partial charge in [0.05, 0.1) is 12.0 Å². The van der Waals surface area contributed by atoms with Gasteiger partial charge in [0.15, 0.2) is 0 Å². The van der Waals surface area contributed by atoms with E-state index in [2.05, 4.69) is 10.6 Å². The molecule has 8 heteroatoms. The van der Waals surface area contributed by atoms with E-state index in [4.69, 9.17) is 0 Å². The average Bonchev–Trinajstić information content (AvgIpc) is 3.10. The normalized spacial score (nSPS) is 23.5. The van der Waals surface area contributed by atoms with Crippen molar-refractivity contribution in [2.24, 2.45) is 11.8 Å². The quantitative estimate of drug-likeness (QED) is 0.624. The number of aliphatic hydroxyl groups is 1. The number of carbonyl (C=O) groups is 2. The van der Waals surface area contributed by atoms with Gasteiger partial charge >= 0.3 is 0 Å². The summed E-state index contributed by atoms with van der Waals surface area (Å²) in [6, 6.07) is 10.2. The zero-order chi connectivity index (χ0) is 23.0. The zero-order valence-electron chi connectivity index (χ0n) is 18.7. The lowest BCUT2D eigenvalue weighted by atomic mass is 9.86. The summed E-state index contributed by atoms with van der Waals surface area (Å²) < 4.78 is 1.72. The maximum absolute atomic E-state index is 13.5. The molecule has 4 rings (SSSR count). The van der Waals surface area contributed by atoms with Crippen molar-refractivity contribution in [1.82, 2.24) is 20.1 Å². The zero-order valence-corrected chi connectivity index (χ0v) is 18.7. The number of aliphatic hydroxyl groups excluding tert-OH is 1. The van der Waals surface area contributed by atoms with E-state index in [-0.39, 0.29) is 42.0 Å². The molecule has 4 atom stereocenters. The number of carbonyl (C=O) groups excluding carboxylic acids is 2. The summed E-state index contributed by atoms with van der Waals surface area (Å²) in [5.74, 6) is -0.915. The van der Waals surface area contributed by atoms with Gasteiger partial charge in [0.2, 0.25) is 5.91 Å². The second kappa shape index (κ2) is 8.88. The Labute approximate surface area is 187 Å². The number of nitrogens with zero attached hydrogens (tertiary/aromatic N) is 2. The molecule has 3 N–H and O–H groups in total. The molecule has 3 heterocycles. The van der Waals surface area contributed by atoms with Crippen LogP contribution in [0.15, 0.2) is 41.2 Å². The molecule has 2 bridgehead atoms. The van der Waals surface area contributed by atoms with Gasteiger partial charge in [-0.1, -0.05) is 19.1 Å². The number of pyridine rings is 1. The highest BCUT2D eigenvalue weighted by atomic mass is 16.3. The average molecular weight is 439 g/mol. The van der Waals surface area contributed by atoms with Gasteiger partial charge < -0.3 is 25.2 Å². The third-order valence-electron chi connectivity index (χ3n) is 6.53. The minimum Gasteiger partial charge on any atom is -0.396 e. The van der Waals surface area contributed by atoms with Gasteiger partial charge in [-0.3, -0.25) is 14.4 Å². The molecule has 0 radical (unpaired) electrons. The van der Waals surface area contributed by atoms with Crippen molar-refractivity contribution in [1.29, 1.82) is 0 Å². The van der Waals surface area contributed by atoms with Crippen molar-refractivity contribution in [3.8, 4) is 11.1 Å². The number of amides is 2. The molecule has 2 aliphatic rings. The maximum Gasteiger partial charge on any atom is 0.258 e. The first-order valence-corrected chi connectivity index (χ1v) is 11.1. The molecule has 32 heavy (non-hydrogen) atoms. The molecule has 2 aromatic rings. The van der Waals surface area contributed by atoms with Crippen molar-refractivity contribution >= 4 is 11.8 Å². The summed E-state index contributed by atoms with van der Waals surface area (Å²) in [6.07, 6.45) is 0.832. The van der Waals surface area contributed by atoms with Crippen molar-refractivity contribution < 1.29 is 14.7 Å². The van der Waals surface area contributed by atoms with Crippen LogP contribution in [0.25, 0.3) is 11.1 Å². The first kappa shape index (κ1) is 22.2. The van der Waals surface area contributed by atoms with E-state index in [1.54, 1.807) is 42.9 Å². The van der Waals surface area contributed by atoms with E-state index in [1.165, 1.54) is 4.90 Å². The lowest BCUT2D eigenvalue weighted by molar-refractivity contribution is -0.127. The Hall–Kier alpha value is -2.97. The Morgan fingerprint density at radius 3 is 2.72 bits per heavy atom. The number of benzene rings is 1. The fourth-order valence-electron chi connectivity index (χ4n) is 4.91.